The van der Waals surface area contributed by atoms with Crippen molar-refractivity contribution in [2.75, 3.05) is 0 Å². The number of hydrogen-bond donors (Lipinski definition) is 0. The number of fused-ring (bicyclic) bond motifs is 5. The Balaban J connectivity index is 1.70. The second-order valence-electron chi connectivity index (χ2n) is 8.39. The summed E-state index contributed by atoms with van der Waals surface area (Å²) in [7, 11) is 0. The molecule has 114 valence electrons. The van der Waals surface area contributed by atoms with Crippen molar-refractivity contribution in [1.82, 2.24) is 0 Å². The predicted octanol–water partition coefficient (Wildman–Crippen LogP) is 4.09. The molecular formula is C19H26O2. The molecule has 5 atom stereocenters. The molecule has 2 nitrogen and oxygen atoms in total. The van der Waals surface area contributed by atoms with Gasteiger partial charge in [0.2, 0.25) is 0 Å². The molecule has 2 heteroatoms. The summed E-state index contributed by atoms with van der Waals surface area (Å²) in [6.45, 7) is 4.64. The summed E-state index contributed by atoms with van der Waals surface area (Å²) < 4.78 is 0. The maximum absolute atomic E-state index is 12.4. The van der Waals surface area contributed by atoms with Gasteiger partial charge in [-0.1, -0.05) is 19.4 Å². The van der Waals surface area contributed by atoms with E-state index in [1.807, 2.05) is 6.08 Å². The highest BCUT2D eigenvalue weighted by Crippen LogP contribution is 2.64. The number of hydrogen-bond acceptors (Lipinski definition) is 2. The molecule has 3 saturated carbocycles. The number of carbonyl (C=O) groups is 2. The van der Waals surface area contributed by atoms with Crippen LogP contribution in [0.1, 0.15) is 65.2 Å². The minimum Gasteiger partial charge on any atom is -0.299 e. The third-order valence-electron chi connectivity index (χ3n) is 7.67. The molecule has 3 fully saturated rings. The predicted molar refractivity (Wildman–Crippen MR) is 81.7 cm³/mol. The van der Waals surface area contributed by atoms with E-state index in [1.54, 1.807) is 0 Å². The number of allylic oxidation sites excluding steroid dienone is 1. The average Bonchev–Trinajstić information content (AvgIpc) is 2.76. The first-order valence-electron chi connectivity index (χ1n) is 8.72. The number of carbonyl (C=O) groups excluding carboxylic acids is 2. The van der Waals surface area contributed by atoms with E-state index < -0.39 is 0 Å². The van der Waals surface area contributed by atoms with Crippen LogP contribution in [0.15, 0.2) is 11.6 Å². The summed E-state index contributed by atoms with van der Waals surface area (Å²) in [5, 5.41) is 0. The maximum Gasteiger partial charge on any atom is 0.155 e. The Morgan fingerprint density at radius 1 is 0.905 bits per heavy atom. The highest BCUT2D eigenvalue weighted by atomic mass is 16.1. The number of rotatable bonds is 0. The largest absolute Gasteiger partial charge is 0.299 e. The van der Waals surface area contributed by atoms with Gasteiger partial charge in [-0.3, -0.25) is 9.59 Å². The van der Waals surface area contributed by atoms with E-state index in [0.29, 0.717) is 29.3 Å². The van der Waals surface area contributed by atoms with Gasteiger partial charge in [-0.2, -0.15) is 0 Å². The van der Waals surface area contributed by atoms with Crippen molar-refractivity contribution in [1.29, 1.82) is 0 Å². The molecule has 0 spiro atoms. The number of Topliss-reactive ketones (excluding diaryl/α,β-unsaturated/α-hetero) is 1. The zero-order valence-corrected chi connectivity index (χ0v) is 13.3. The van der Waals surface area contributed by atoms with Gasteiger partial charge < -0.3 is 0 Å². The Hall–Kier alpha value is -0.920. The molecule has 0 aromatic heterocycles. The van der Waals surface area contributed by atoms with Crippen molar-refractivity contribution < 1.29 is 9.59 Å². The molecule has 0 radical (unpaired) electrons. The maximum atomic E-state index is 12.4. The van der Waals surface area contributed by atoms with Crippen LogP contribution in [0.4, 0.5) is 0 Å². The fraction of sp³-hybridized carbons (Fsp3) is 0.789. The average molecular weight is 286 g/mol. The topological polar surface area (TPSA) is 34.1 Å². The normalized spacial score (nSPS) is 49.2. The summed E-state index contributed by atoms with van der Waals surface area (Å²) >= 11 is 0. The van der Waals surface area contributed by atoms with Crippen LogP contribution in [0, 0.1) is 28.6 Å². The molecule has 0 bridgehead atoms. The van der Waals surface area contributed by atoms with Gasteiger partial charge in [0.15, 0.2) is 5.78 Å². The van der Waals surface area contributed by atoms with Crippen molar-refractivity contribution in [3.05, 3.63) is 11.6 Å². The Bertz CT molecular complexity index is 546. The second kappa shape index (κ2) is 4.30. The van der Waals surface area contributed by atoms with E-state index in [1.165, 1.54) is 18.4 Å². The van der Waals surface area contributed by atoms with Gasteiger partial charge in [-0.05, 0) is 67.8 Å². The lowest BCUT2D eigenvalue weighted by Gasteiger charge is -2.56. The third-order valence-corrected chi connectivity index (χ3v) is 7.67. The van der Waals surface area contributed by atoms with Crippen molar-refractivity contribution in [3.63, 3.8) is 0 Å². The van der Waals surface area contributed by atoms with E-state index in [4.69, 9.17) is 0 Å². The smallest absolute Gasteiger partial charge is 0.155 e. The van der Waals surface area contributed by atoms with Crippen LogP contribution in [-0.2, 0) is 9.59 Å². The van der Waals surface area contributed by atoms with Crippen LogP contribution in [0.3, 0.4) is 0 Å². The first kappa shape index (κ1) is 13.7. The lowest BCUT2D eigenvalue weighted by molar-refractivity contribution is -0.132. The molecule has 0 saturated heterocycles. The van der Waals surface area contributed by atoms with Gasteiger partial charge in [0.25, 0.3) is 0 Å². The summed E-state index contributed by atoms with van der Waals surface area (Å²) in [6.07, 6.45) is 10.2. The molecule has 0 aromatic carbocycles. The van der Waals surface area contributed by atoms with Gasteiger partial charge in [0, 0.05) is 18.3 Å². The van der Waals surface area contributed by atoms with Gasteiger partial charge in [0.1, 0.15) is 5.78 Å². The van der Waals surface area contributed by atoms with Crippen molar-refractivity contribution in [2.24, 2.45) is 28.6 Å². The van der Waals surface area contributed by atoms with Crippen molar-refractivity contribution in [2.45, 2.75) is 65.2 Å². The quantitative estimate of drug-likeness (QED) is 0.672. The van der Waals surface area contributed by atoms with Crippen LogP contribution in [0.25, 0.3) is 0 Å². The third kappa shape index (κ3) is 1.71. The molecule has 0 amide bonds. The summed E-state index contributed by atoms with van der Waals surface area (Å²) in [6, 6.07) is 0. The molecule has 0 aromatic rings. The van der Waals surface area contributed by atoms with Crippen LogP contribution in [0.2, 0.25) is 0 Å². The molecule has 4 rings (SSSR count). The fourth-order valence-electron chi connectivity index (χ4n) is 6.33. The van der Waals surface area contributed by atoms with Crippen molar-refractivity contribution >= 4 is 11.6 Å². The highest BCUT2D eigenvalue weighted by molar-refractivity contribution is 5.91. The summed E-state index contributed by atoms with van der Waals surface area (Å²) in [4.78, 5) is 24.1. The van der Waals surface area contributed by atoms with E-state index in [-0.39, 0.29) is 10.8 Å². The molecule has 4 aliphatic carbocycles. The van der Waals surface area contributed by atoms with Crippen LogP contribution in [0.5, 0.6) is 0 Å². The van der Waals surface area contributed by atoms with Crippen LogP contribution >= 0.6 is 0 Å². The first-order valence-corrected chi connectivity index (χ1v) is 8.72. The van der Waals surface area contributed by atoms with E-state index in [2.05, 4.69) is 13.8 Å². The lowest BCUT2D eigenvalue weighted by Crippen LogP contribution is -2.50. The fourth-order valence-corrected chi connectivity index (χ4v) is 6.33. The van der Waals surface area contributed by atoms with E-state index >= 15 is 0 Å². The Labute approximate surface area is 127 Å². The monoisotopic (exact) mass is 286 g/mol. The number of ketones is 2. The minimum atomic E-state index is -0.0246. The first-order chi connectivity index (χ1) is 9.95. The van der Waals surface area contributed by atoms with Crippen LogP contribution < -0.4 is 0 Å². The molecule has 0 aliphatic heterocycles. The summed E-state index contributed by atoms with van der Waals surface area (Å²) in [5.74, 6) is 2.88. The van der Waals surface area contributed by atoms with Gasteiger partial charge in [-0.15, -0.1) is 0 Å². The zero-order chi connectivity index (χ0) is 14.8. The minimum absolute atomic E-state index is 0.0246. The zero-order valence-electron chi connectivity index (χ0n) is 13.3. The second-order valence-corrected chi connectivity index (χ2v) is 8.39. The Morgan fingerprint density at radius 2 is 1.67 bits per heavy atom. The molecule has 4 aliphatic rings. The van der Waals surface area contributed by atoms with Crippen LogP contribution in [-0.4, -0.2) is 11.6 Å². The molecular weight excluding hydrogens is 260 g/mol. The summed E-state index contributed by atoms with van der Waals surface area (Å²) in [5.41, 5.74) is 1.64. The Morgan fingerprint density at radius 3 is 2.48 bits per heavy atom. The highest BCUT2D eigenvalue weighted by Gasteiger charge is 2.58. The van der Waals surface area contributed by atoms with E-state index in [0.717, 1.165) is 38.5 Å². The Kier molecular flexibility index (Phi) is 2.81. The van der Waals surface area contributed by atoms with Crippen molar-refractivity contribution in [3.8, 4) is 0 Å². The molecule has 3 unspecified atom stereocenters. The lowest BCUT2D eigenvalue weighted by atomic mass is 9.47. The van der Waals surface area contributed by atoms with Gasteiger partial charge in [-0.25, -0.2) is 0 Å². The molecule has 0 N–H and O–H groups in total. The SMILES string of the molecule is CC12CCC(=O)C=C1CC[C@@H]1C2CC[C@]2(C)C(=O)CCC12. The standard InChI is InChI=1S/C19H26O2/c1-18-9-7-13(20)11-12(18)3-4-14-15-5-6-17(21)19(15,2)10-8-16(14)18/h11,14-16H,3-10H2,1-2H3/t14-,15?,16?,18?,19-/m0/s1. The molecule has 21 heavy (non-hydrogen) atoms. The van der Waals surface area contributed by atoms with E-state index in [9.17, 15) is 9.59 Å². The van der Waals surface area contributed by atoms with Gasteiger partial charge >= 0.3 is 0 Å². The molecule has 0 heterocycles. The van der Waals surface area contributed by atoms with Gasteiger partial charge in [0.05, 0.1) is 0 Å².